The van der Waals surface area contributed by atoms with Gasteiger partial charge < -0.3 is 5.32 Å². The molecule has 0 aromatic heterocycles. The molecule has 0 saturated heterocycles. The van der Waals surface area contributed by atoms with E-state index in [1.807, 2.05) is 0 Å². The van der Waals surface area contributed by atoms with Crippen LogP contribution in [0.1, 0.15) is 117 Å². The summed E-state index contributed by atoms with van der Waals surface area (Å²) < 4.78 is 0. The molecule has 0 aromatic carbocycles. The molecule has 0 aliphatic heterocycles. The molecular formula is C35H69N. The zero-order valence-corrected chi connectivity index (χ0v) is 27.7. The highest BCUT2D eigenvalue weighted by Crippen LogP contribution is 2.41. The molecule has 0 saturated carbocycles. The van der Waals surface area contributed by atoms with Crippen molar-refractivity contribution in [3.8, 4) is 11.8 Å². The van der Waals surface area contributed by atoms with Crippen LogP contribution in [0.15, 0.2) is 0 Å². The number of rotatable bonds is 16. The van der Waals surface area contributed by atoms with Crippen molar-refractivity contribution in [2.45, 2.75) is 117 Å². The monoisotopic (exact) mass is 504 g/mol. The summed E-state index contributed by atoms with van der Waals surface area (Å²) in [6.07, 6.45) is 1.29. The summed E-state index contributed by atoms with van der Waals surface area (Å²) in [7, 11) is 0. The van der Waals surface area contributed by atoms with Crippen molar-refractivity contribution < 1.29 is 0 Å². The van der Waals surface area contributed by atoms with Gasteiger partial charge in [0.15, 0.2) is 0 Å². The van der Waals surface area contributed by atoms with E-state index in [-0.39, 0.29) is 0 Å². The maximum absolute atomic E-state index is 3.83. The zero-order valence-electron chi connectivity index (χ0n) is 27.7. The van der Waals surface area contributed by atoms with Crippen LogP contribution >= 0.6 is 0 Å². The first-order chi connectivity index (χ1) is 16.6. The molecule has 214 valence electrons. The molecule has 0 aromatic rings. The van der Waals surface area contributed by atoms with Crippen LogP contribution in [0.25, 0.3) is 0 Å². The molecular weight excluding hydrogens is 434 g/mol. The second kappa shape index (κ2) is 17.2. The second-order valence-corrected chi connectivity index (χ2v) is 13.8. The van der Waals surface area contributed by atoms with E-state index in [4.69, 9.17) is 0 Å². The molecule has 12 atom stereocenters. The highest BCUT2D eigenvalue weighted by molar-refractivity contribution is 5.10. The van der Waals surface area contributed by atoms with E-state index in [1.165, 1.54) is 6.42 Å². The van der Waals surface area contributed by atoms with Gasteiger partial charge in [-0.1, -0.05) is 129 Å². The first-order valence-electron chi connectivity index (χ1n) is 15.8. The molecule has 0 bridgehead atoms. The highest BCUT2D eigenvalue weighted by atomic mass is 14.8. The first kappa shape index (κ1) is 35.5. The van der Waals surface area contributed by atoms with Gasteiger partial charge in [0.25, 0.3) is 0 Å². The van der Waals surface area contributed by atoms with Gasteiger partial charge in [-0.15, -0.1) is 0 Å². The molecule has 0 aliphatic rings. The summed E-state index contributed by atoms with van der Waals surface area (Å²) in [4.78, 5) is 0. The normalized spacial score (nSPS) is 22.4. The molecule has 0 heterocycles. The van der Waals surface area contributed by atoms with Crippen molar-refractivity contribution >= 4 is 0 Å². The van der Waals surface area contributed by atoms with Crippen molar-refractivity contribution in [3.05, 3.63) is 0 Å². The topological polar surface area (TPSA) is 12.0 Å². The molecule has 0 aliphatic carbocycles. The van der Waals surface area contributed by atoms with Crippen LogP contribution in [-0.4, -0.2) is 13.1 Å². The molecule has 1 N–H and O–H groups in total. The van der Waals surface area contributed by atoms with Crippen molar-refractivity contribution in [2.75, 3.05) is 13.1 Å². The van der Waals surface area contributed by atoms with E-state index in [2.05, 4.69) is 128 Å². The third-order valence-corrected chi connectivity index (χ3v) is 11.2. The fraction of sp³-hybridized carbons (Fsp3) is 0.943. The minimum absolute atomic E-state index is 0.430. The Bertz CT molecular complexity index is 624. The molecule has 12 unspecified atom stereocenters. The van der Waals surface area contributed by atoms with Crippen molar-refractivity contribution in [1.82, 2.24) is 5.32 Å². The van der Waals surface area contributed by atoms with Crippen molar-refractivity contribution in [3.63, 3.8) is 0 Å². The van der Waals surface area contributed by atoms with Gasteiger partial charge in [-0.2, -0.15) is 0 Å². The smallest absolute Gasteiger partial charge is 0.0254 e. The molecule has 36 heavy (non-hydrogen) atoms. The predicted molar refractivity (Wildman–Crippen MR) is 165 cm³/mol. The van der Waals surface area contributed by atoms with Gasteiger partial charge >= 0.3 is 0 Å². The summed E-state index contributed by atoms with van der Waals surface area (Å²) >= 11 is 0. The quantitative estimate of drug-likeness (QED) is 0.207. The Morgan fingerprint density at radius 2 is 0.917 bits per heavy atom. The molecule has 0 radical (unpaired) electrons. The SMILES string of the molecule is CCNCC(C(C)C)C(C)C#CC(C(C)C)C(C)C(C)C(C)C(C)C(C)C(C)C(C)C(C)C(C)CC. The molecule has 0 amide bonds. The lowest BCUT2D eigenvalue weighted by molar-refractivity contribution is 0.0806. The maximum atomic E-state index is 3.83. The summed E-state index contributed by atoms with van der Waals surface area (Å²) in [5, 5.41) is 3.57. The summed E-state index contributed by atoms with van der Waals surface area (Å²) in [5.41, 5.74) is 0. The average molecular weight is 504 g/mol. The van der Waals surface area contributed by atoms with Gasteiger partial charge in [0.1, 0.15) is 0 Å². The Labute approximate surface area is 230 Å². The minimum atomic E-state index is 0.430. The second-order valence-electron chi connectivity index (χ2n) is 13.8. The number of hydrogen-bond donors (Lipinski definition) is 1. The molecule has 0 fully saturated rings. The van der Waals surface area contributed by atoms with E-state index in [9.17, 15) is 0 Å². The molecule has 0 rings (SSSR count). The summed E-state index contributed by atoms with van der Waals surface area (Å²) in [5.74, 6) is 16.8. The first-order valence-corrected chi connectivity index (χ1v) is 15.8. The predicted octanol–water partition coefficient (Wildman–Crippen LogP) is 9.91. The average Bonchev–Trinajstić information content (AvgIpc) is 2.84. The molecule has 1 nitrogen and oxygen atoms in total. The standard InChI is InChI=1S/C35H69N/c1-17-24(7)26(9)27(10)28(11)29(12)30(13)31(14)32(15)33(16)34(22(3)4)20-19-25(8)35(23(5)6)21-36-18-2/h22-36H,17-18,21H2,1-16H3. The molecule has 1 heteroatoms. The number of hydrogen-bond acceptors (Lipinski definition) is 1. The Morgan fingerprint density at radius 1 is 0.500 bits per heavy atom. The number of nitrogens with one attached hydrogen (secondary N) is 1. The van der Waals surface area contributed by atoms with Crippen molar-refractivity contribution in [2.24, 2.45) is 82.9 Å². The van der Waals surface area contributed by atoms with Crippen LogP contribution in [0.3, 0.4) is 0 Å². The lowest BCUT2D eigenvalue weighted by Gasteiger charge is -2.41. The third-order valence-electron chi connectivity index (χ3n) is 11.2. The van der Waals surface area contributed by atoms with Crippen LogP contribution in [0, 0.1) is 94.7 Å². The van der Waals surface area contributed by atoms with E-state index in [0.717, 1.165) is 42.7 Å². The van der Waals surface area contributed by atoms with Crippen LogP contribution in [0.2, 0.25) is 0 Å². The fourth-order valence-corrected chi connectivity index (χ4v) is 6.63. The summed E-state index contributed by atoms with van der Waals surface area (Å²) in [6, 6.07) is 0. The van der Waals surface area contributed by atoms with Crippen LogP contribution < -0.4 is 5.32 Å². The van der Waals surface area contributed by atoms with Gasteiger partial charge in [0.2, 0.25) is 0 Å². The fourth-order valence-electron chi connectivity index (χ4n) is 6.63. The van der Waals surface area contributed by atoms with Gasteiger partial charge in [-0.25, -0.2) is 0 Å². The Morgan fingerprint density at radius 3 is 1.28 bits per heavy atom. The lowest BCUT2D eigenvalue weighted by Crippen LogP contribution is -2.35. The zero-order chi connectivity index (χ0) is 28.3. The highest BCUT2D eigenvalue weighted by Gasteiger charge is 2.35. The van der Waals surface area contributed by atoms with Gasteiger partial charge in [0, 0.05) is 11.8 Å². The minimum Gasteiger partial charge on any atom is -0.317 e. The van der Waals surface area contributed by atoms with Crippen molar-refractivity contribution in [1.29, 1.82) is 0 Å². The third kappa shape index (κ3) is 10.4. The largest absolute Gasteiger partial charge is 0.317 e. The van der Waals surface area contributed by atoms with Gasteiger partial charge in [-0.05, 0) is 84.1 Å². The van der Waals surface area contributed by atoms with Gasteiger partial charge in [0.05, 0.1) is 0 Å². The molecule has 0 spiro atoms. The van der Waals surface area contributed by atoms with E-state index in [0.29, 0.717) is 53.3 Å². The van der Waals surface area contributed by atoms with Crippen LogP contribution in [-0.2, 0) is 0 Å². The maximum Gasteiger partial charge on any atom is 0.0254 e. The van der Waals surface area contributed by atoms with E-state index < -0.39 is 0 Å². The Kier molecular flexibility index (Phi) is 16.9. The van der Waals surface area contributed by atoms with Crippen LogP contribution in [0.4, 0.5) is 0 Å². The van der Waals surface area contributed by atoms with E-state index in [1.54, 1.807) is 0 Å². The lowest BCUT2D eigenvalue weighted by atomic mass is 9.64. The summed E-state index contributed by atoms with van der Waals surface area (Å²) in [6.45, 7) is 41.0. The Hall–Kier alpha value is -0.480. The van der Waals surface area contributed by atoms with Crippen LogP contribution in [0.5, 0.6) is 0 Å². The van der Waals surface area contributed by atoms with Gasteiger partial charge in [-0.3, -0.25) is 0 Å². The Balaban J connectivity index is 5.53. The van der Waals surface area contributed by atoms with E-state index >= 15 is 0 Å².